The number of hydrogen-bond donors (Lipinski definition) is 1. The van der Waals surface area contributed by atoms with Gasteiger partial charge in [-0.25, -0.2) is 0 Å². The summed E-state index contributed by atoms with van der Waals surface area (Å²) in [7, 11) is 0. The average molecular weight is 265 g/mol. The third-order valence-corrected chi connectivity index (χ3v) is 3.68. The maximum Gasteiger partial charge on any atom is 0.0761 e. The summed E-state index contributed by atoms with van der Waals surface area (Å²) in [5.74, 6) is 0. The van der Waals surface area contributed by atoms with E-state index in [4.69, 9.17) is 11.6 Å². The number of benzene rings is 2. The molecule has 3 heteroatoms. The Kier molecular flexibility index (Phi) is 4.11. The maximum atomic E-state index is 9.41. The fourth-order valence-electron chi connectivity index (χ4n) is 1.45. The smallest absolute Gasteiger partial charge is 0.0761 e. The van der Waals surface area contributed by atoms with Crippen molar-refractivity contribution in [3.05, 3.63) is 59.1 Å². The number of halogens is 1. The highest BCUT2D eigenvalue weighted by molar-refractivity contribution is 7.99. The second kappa shape index (κ2) is 5.58. The Labute approximate surface area is 110 Å². The van der Waals surface area contributed by atoms with E-state index in [0.717, 1.165) is 20.4 Å². The number of rotatable bonds is 3. The van der Waals surface area contributed by atoms with Crippen molar-refractivity contribution in [2.45, 2.75) is 22.8 Å². The Bertz CT molecular complexity index is 477. The zero-order valence-corrected chi connectivity index (χ0v) is 11.0. The van der Waals surface area contributed by atoms with E-state index < -0.39 is 6.10 Å². The first-order chi connectivity index (χ1) is 8.15. The minimum atomic E-state index is -0.412. The summed E-state index contributed by atoms with van der Waals surface area (Å²) in [6, 6.07) is 15.7. The minimum Gasteiger partial charge on any atom is -0.389 e. The summed E-state index contributed by atoms with van der Waals surface area (Å²) >= 11 is 7.51. The van der Waals surface area contributed by atoms with Gasteiger partial charge in [-0.05, 0) is 48.9 Å². The molecule has 0 saturated heterocycles. The fourth-order valence-corrected chi connectivity index (χ4v) is 2.40. The van der Waals surface area contributed by atoms with Gasteiger partial charge in [0, 0.05) is 14.8 Å². The molecule has 1 N–H and O–H groups in total. The molecule has 0 spiro atoms. The standard InChI is InChI=1S/C14H13ClOS/c1-10(16)11-2-6-13(7-3-11)17-14-8-4-12(15)5-9-14/h2-10,16H,1H3. The Hall–Kier alpha value is -0.960. The van der Waals surface area contributed by atoms with Gasteiger partial charge in [-0.3, -0.25) is 0 Å². The Morgan fingerprint density at radius 3 is 1.88 bits per heavy atom. The number of hydrogen-bond acceptors (Lipinski definition) is 2. The molecule has 1 nitrogen and oxygen atoms in total. The summed E-state index contributed by atoms with van der Waals surface area (Å²) in [6.45, 7) is 1.77. The molecule has 88 valence electrons. The van der Waals surface area contributed by atoms with Crippen LogP contribution in [0.1, 0.15) is 18.6 Å². The van der Waals surface area contributed by atoms with Gasteiger partial charge in [0.05, 0.1) is 6.10 Å². The van der Waals surface area contributed by atoms with Crippen molar-refractivity contribution in [2.24, 2.45) is 0 Å². The predicted octanol–water partition coefficient (Wildman–Crippen LogP) is 4.54. The zero-order valence-electron chi connectivity index (χ0n) is 9.43. The highest BCUT2D eigenvalue weighted by Gasteiger charge is 2.01. The largest absolute Gasteiger partial charge is 0.389 e. The molecule has 0 saturated carbocycles. The molecule has 0 aromatic heterocycles. The highest BCUT2D eigenvalue weighted by Crippen LogP contribution is 2.29. The molecule has 0 radical (unpaired) electrons. The molecular weight excluding hydrogens is 252 g/mol. The molecule has 0 amide bonds. The molecule has 0 aliphatic heterocycles. The lowest BCUT2D eigenvalue weighted by molar-refractivity contribution is 0.199. The quantitative estimate of drug-likeness (QED) is 0.878. The van der Waals surface area contributed by atoms with Crippen LogP contribution in [0.2, 0.25) is 5.02 Å². The lowest BCUT2D eigenvalue weighted by atomic mass is 10.1. The molecule has 1 unspecified atom stereocenters. The van der Waals surface area contributed by atoms with E-state index in [1.165, 1.54) is 0 Å². The molecule has 2 rings (SSSR count). The van der Waals surface area contributed by atoms with Crippen molar-refractivity contribution in [1.82, 2.24) is 0 Å². The second-order valence-corrected chi connectivity index (χ2v) is 5.38. The highest BCUT2D eigenvalue weighted by atomic mass is 35.5. The van der Waals surface area contributed by atoms with Crippen LogP contribution in [0.4, 0.5) is 0 Å². The molecule has 0 aliphatic rings. The number of aliphatic hydroxyl groups excluding tert-OH is 1. The lowest BCUT2D eigenvalue weighted by Crippen LogP contribution is -1.89. The van der Waals surface area contributed by atoms with Gasteiger partial charge in [-0.1, -0.05) is 35.5 Å². The van der Waals surface area contributed by atoms with Crippen molar-refractivity contribution < 1.29 is 5.11 Å². The van der Waals surface area contributed by atoms with E-state index >= 15 is 0 Å². The zero-order chi connectivity index (χ0) is 12.3. The number of aliphatic hydroxyl groups is 1. The summed E-state index contributed by atoms with van der Waals surface area (Å²) in [6.07, 6.45) is -0.412. The van der Waals surface area contributed by atoms with Crippen LogP contribution in [0.5, 0.6) is 0 Å². The van der Waals surface area contributed by atoms with Crippen LogP contribution >= 0.6 is 23.4 Å². The van der Waals surface area contributed by atoms with E-state index in [-0.39, 0.29) is 0 Å². The van der Waals surface area contributed by atoms with Crippen LogP contribution in [0.25, 0.3) is 0 Å². The van der Waals surface area contributed by atoms with Gasteiger partial charge in [0.2, 0.25) is 0 Å². The first kappa shape index (κ1) is 12.5. The van der Waals surface area contributed by atoms with Crippen molar-refractivity contribution in [3.8, 4) is 0 Å². The Morgan fingerprint density at radius 2 is 1.41 bits per heavy atom. The van der Waals surface area contributed by atoms with Gasteiger partial charge in [-0.15, -0.1) is 0 Å². The molecule has 2 aromatic carbocycles. The van der Waals surface area contributed by atoms with Crippen molar-refractivity contribution >= 4 is 23.4 Å². The normalized spacial score (nSPS) is 12.4. The van der Waals surface area contributed by atoms with E-state index in [1.54, 1.807) is 18.7 Å². The Balaban J connectivity index is 2.11. The van der Waals surface area contributed by atoms with Gasteiger partial charge in [-0.2, -0.15) is 0 Å². The molecule has 2 aromatic rings. The van der Waals surface area contributed by atoms with Crippen LogP contribution in [-0.4, -0.2) is 5.11 Å². The maximum absolute atomic E-state index is 9.41. The average Bonchev–Trinajstić information content (AvgIpc) is 2.33. The van der Waals surface area contributed by atoms with E-state index in [9.17, 15) is 5.11 Å². The summed E-state index contributed by atoms with van der Waals surface area (Å²) in [4.78, 5) is 2.30. The SMILES string of the molecule is CC(O)c1ccc(Sc2ccc(Cl)cc2)cc1. The first-order valence-electron chi connectivity index (χ1n) is 5.36. The van der Waals surface area contributed by atoms with Gasteiger partial charge >= 0.3 is 0 Å². The molecule has 0 aliphatic carbocycles. The van der Waals surface area contributed by atoms with E-state index in [2.05, 4.69) is 0 Å². The topological polar surface area (TPSA) is 20.2 Å². The third-order valence-electron chi connectivity index (χ3n) is 2.41. The predicted molar refractivity (Wildman–Crippen MR) is 72.7 cm³/mol. The monoisotopic (exact) mass is 264 g/mol. The molecule has 1 atom stereocenters. The summed E-state index contributed by atoms with van der Waals surface area (Å²) < 4.78 is 0. The van der Waals surface area contributed by atoms with E-state index in [1.807, 2.05) is 48.5 Å². The van der Waals surface area contributed by atoms with Gasteiger partial charge < -0.3 is 5.11 Å². The van der Waals surface area contributed by atoms with Crippen LogP contribution in [0.3, 0.4) is 0 Å². The van der Waals surface area contributed by atoms with Crippen molar-refractivity contribution in [2.75, 3.05) is 0 Å². The van der Waals surface area contributed by atoms with Crippen LogP contribution in [-0.2, 0) is 0 Å². The molecular formula is C14H13ClOS. The van der Waals surface area contributed by atoms with Crippen molar-refractivity contribution in [1.29, 1.82) is 0 Å². The van der Waals surface area contributed by atoms with Gasteiger partial charge in [0.25, 0.3) is 0 Å². The molecule has 0 bridgehead atoms. The van der Waals surface area contributed by atoms with E-state index in [0.29, 0.717) is 0 Å². The Morgan fingerprint density at radius 1 is 0.941 bits per heavy atom. The second-order valence-electron chi connectivity index (χ2n) is 3.80. The lowest BCUT2D eigenvalue weighted by Gasteiger charge is -2.06. The van der Waals surface area contributed by atoms with Crippen LogP contribution in [0.15, 0.2) is 58.3 Å². The third kappa shape index (κ3) is 3.50. The van der Waals surface area contributed by atoms with Gasteiger partial charge in [0.15, 0.2) is 0 Å². The minimum absolute atomic E-state index is 0.412. The van der Waals surface area contributed by atoms with Crippen molar-refractivity contribution in [3.63, 3.8) is 0 Å². The fraction of sp³-hybridized carbons (Fsp3) is 0.143. The van der Waals surface area contributed by atoms with Gasteiger partial charge in [0.1, 0.15) is 0 Å². The van der Waals surface area contributed by atoms with Crippen LogP contribution < -0.4 is 0 Å². The molecule has 0 fully saturated rings. The van der Waals surface area contributed by atoms with Crippen LogP contribution in [0, 0.1) is 0 Å². The summed E-state index contributed by atoms with van der Waals surface area (Å²) in [5.41, 5.74) is 0.936. The first-order valence-corrected chi connectivity index (χ1v) is 6.56. The summed E-state index contributed by atoms with van der Waals surface area (Å²) in [5, 5.41) is 10.2. The molecule has 0 heterocycles. The molecule has 17 heavy (non-hydrogen) atoms.